The lowest BCUT2D eigenvalue weighted by Gasteiger charge is -2.24. The van der Waals surface area contributed by atoms with E-state index in [2.05, 4.69) is 4.98 Å². The molecule has 2 nitrogen and oxygen atoms in total. The van der Waals surface area contributed by atoms with E-state index in [4.69, 9.17) is 5.73 Å². The Hall–Kier alpha value is -0.700. The Labute approximate surface area is 82.9 Å². The fourth-order valence-corrected chi connectivity index (χ4v) is 2.37. The van der Waals surface area contributed by atoms with Crippen LogP contribution >= 0.6 is 11.8 Å². The fraction of sp³-hybridized carbons (Fsp3) is 0.500. The summed E-state index contributed by atoms with van der Waals surface area (Å²) >= 11 is 1.85. The lowest BCUT2D eigenvalue weighted by molar-refractivity contribution is 0.353. The number of hydrogen-bond donors (Lipinski definition) is 1. The van der Waals surface area contributed by atoms with Gasteiger partial charge < -0.3 is 5.73 Å². The molecule has 0 atom stereocenters. The van der Waals surface area contributed by atoms with Crippen molar-refractivity contribution in [1.29, 1.82) is 0 Å². The van der Waals surface area contributed by atoms with Crippen molar-refractivity contribution >= 4 is 17.4 Å². The summed E-state index contributed by atoms with van der Waals surface area (Å²) in [6.45, 7) is 0. The first-order valence-electron chi connectivity index (χ1n) is 4.69. The number of pyridine rings is 1. The molecular formula is C10H14N2S. The van der Waals surface area contributed by atoms with Gasteiger partial charge in [-0.3, -0.25) is 0 Å². The summed E-state index contributed by atoms with van der Waals surface area (Å²) in [4.78, 5) is 4.25. The lowest BCUT2D eigenvalue weighted by Crippen LogP contribution is -2.13. The molecule has 0 aromatic carbocycles. The predicted octanol–water partition coefficient (Wildman–Crippen LogP) is 2.56. The van der Waals surface area contributed by atoms with E-state index in [1.807, 2.05) is 23.9 Å². The molecule has 0 amide bonds. The molecule has 70 valence electrons. The molecule has 3 heteroatoms. The van der Waals surface area contributed by atoms with Gasteiger partial charge in [-0.1, -0.05) is 6.42 Å². The monoisotopic (exact) mass is 194 g/mol. The molecule has 0 radical (unpaired) electrons. The Balaban J connectivity index is 1.83. The second-order valence-electron chi connectivity index (χ2n) is 3.54. The zero-order chi connectivity index (χ0) is 9.10. The number of thioether (sulfide) groups is 1. The van der Waals surface area contributed by atoms with E-state index >= 15 is 0 Å². The van der Waals surface area contributed by atoms with Gasteiger partial charge >= 0.3 is 0 Å². The summed E-state index contributed by atoms with van der Waals surface area (Å²) in [6.07, 6.45) is 5.95. The Morgan fingerprint density at radius 2 is 2.31 bits per heavy atom. The molecule has 0 bridgehead atoms. The molecule has 13 heavy (non-hydrogen) atoms. The average molecular weight is 194 g/mol. The van der Waals surface area contributed by atoms with Gasteiger partial charge in [-0.25, -0.2) is 4.98 Å². The third-order valence-electron chi connectivity index (χ3n) is 2.45. The van der Waals surface area contributed by atoms with Crippen LogP contribution in [0.25, 0.3) is 0 Å². The highest BCUT2D eigenvalue weighted by Crippen LogP contribution is 2.31. The minimum absolute atomic E-state index is 0.744. The van der Waals surface area contributed by atoms with Crippen LogP contribution < -0.4 is 5.73 Å². The Kier molecular flexibility index (Phi) is 2.74. The Bertz CT molecular complexity index is 267. The predicted molar refractivity (Wildman–Crippen MR) is 56.7 cm³/mol. The molecule has 0 saturated heterocycles. The molecule has 2 rings (SSSR count). The minimum Gasteiger partial charge on any atom is -0.397 e. The van der Waals surface area contributed by atoms with Crippen LogP contribution in [0.1, 0.15) is 19.3 Å². The zero-order valence-electron chi connectivity index (χ0n) is 7.57. The van der Waals surface area contributed by atoms with Crippen molar-refractivity contribution in [1.82, 2.24) is 4.98 Å². The van der Waals surface area contributed by atoms with Crippen molar-refractivity contribution in [2.75, 3.05) is 11.5 Å². The maximum absolute atomic E-state index is 5.55. The lowest BCUT2D eigenvalue weighted by atomic mass is 9.87. The third kappa shape index (κ3) is 2.37. The van der Waals surface area contributed by atoms with E-state index in [9.17, 15) is 0 Å². The number of hydrogen-bond acceptors (Lipinski definition) is 3. The van der Waals surface area contributed by atoms with E-state index in [0.717, 1.165) is 16.6 Å². The molecule has 1 aromatic rings. The van der Waals surface area contributed by atoms with Gasteiger partial charge in [0.25, 0.3) is 0 Å². The number of nitrogen functional groups attached to an aromatic ring is 1. The van der Waals surface area contributed by atoms with Crippen LogP contribution in [0, 0.1) is 5.92 Å². The molecule has 0 aliphatic heterocycles. The zero-order valence-corrected chi connectivity index (χ0v) is 8.39. The van der Waals surface area contributed by atoms with Gasteiger partial charge in [-0.2, -0.15) is 0 Å². The number of rotatable bonds is 3. The molecule has 1 aromatic heterocycles. The molecule has 1 saturated carbocycles. The summed E-state index contributed by atoms with van der Waals surface area (Å²) in [5.74, 6) is 2.15. The largest absolute Gasteiger partial charge is 0.397 e. The number of anilines is 1. The maximum atomic E-state index is 5.55. The van der Waals surface area contributed by atoms with Gasteiger partial charge in [-0.15, -0.1) is 11.8 Å². The normalized spacial score (nSPS) is 16.9. The first kappa shape index (κ1) is 8.88. The van der Waals surface area contributed by atoms with Crippen LogP contribution in [-0.2, 0) is 0 Å². The van der Waals surface area contributed by atoms with E-state index in [0.29, 0.717) is 0 Å². The highest BCUT2D eigenvalue weighted by atomic mass is 32.2. The highest BCUT2D eigenvalue weighted by Gasteiger charge is 2.17. The average Bonchev–Trinajstić information content (AvgIpc) is 2.05. The second-order valence-corrected chi connectivity index (χ2v) is 4.58. The maximum Gasteiger partial charge on any atom is 0.0961 e. The number of aromatic nitrogens is 1. The minimum atomic E-state index is 0.744. The molecule has 1 aliphatic rings. The molecule has 2 N–H and O–H groups in total. The second kappa shape index (κ2) is 4.01. The van der Waals surface area contributed by atoms with Crippen LogP contribution in [-0.4, -0.2) is 10.7 Å². The molecule has 1 fully saturated rings. The first-order valence-corrected chi connectivity index (χ1v) is 5.67. The van der Waals surface area contributed by atoms with Gasteiger partial charge in [0.15, 0.2) is 0 Å². The number of nitrogens with zero attached hydrogens (tertiary/aromatic N) is 1. The van der Waals surface area contributed by atoms with E-state index in [-0.39, 0.29) is 0 Å². The quantitative estimate of drug-likeness (QED) is 0.752. The highest BCUT2D eigenvalue weighted by molar-refractivity contribution is 7.99. The van der Waals surface area contributed by atoms with Crippen molar-refractivity contribution in [3.8, 4) is 0 Å². The Morgan fingerprint density at radius 1 is 1.46 bits per heavy atom. The Morgan fingerprint density at radius 3 is 2.85 bits per heavy atom. The van der Waals surface area contributed by atoms with Crippen LogP contribution in [0.3, 0.4) is 0 Å². The van der Waals surface area contributed by atoms with E-state index in [1.165, 1.54) is 25.0 Å². The SMILES string of the molecule is Nc1ccc(SCC2CCC2)nc1. The summed E-state index contributed by atoms with van der Waals surface area (Å²) in [5.41, 5.74) is 6.29. The van der Waals surface area contributed by atoms with Crippen molar-refractivity contribution in [2.24, 2.45) is 5.92 Å². The van der Waals surface area contributed by atoms with Crippen molar-refractivity contribution in [3.63, 3.8) is 0 Å². The molecule has 1 aliphatic carbocycles. The van der Waals surface area contributed by atoms with Gasteiger partial charge in [0.1, 0.15) is 0 Å². The van der Waals surface area contributed by atoms with Crippen LogP contribution in [0.5, 0.6) is 0 Å². The van der Waals surface area contributed by atoms with Crippen molar-refractivity contribution in [2.45, 2.75) is 24.3 Å². The molecule has 0 unspecified atom stereocenters. The van der Waals surface area contributed by atoms with Crippen LogP contribution in [0.15, 0.2) is 23.4 Å². The van der Waals surface area contributed by atoms with Crippen molar-refractivity contribution < 1.29 is 0 Å². The smallest absolute Gasteiger partial charge is 0.0961 e. The fourth-order valence-electron chi connectivity index (χ4n) is 1.34. The molecule has 1 heterocycles. The van der Waals surface area contributed by atoms with Gasteiger partial charge in [0.05, 0.1) is 16.9 Å². The first-order chi connectivity index (χ1) is 6.34. The summed E-state index contributed by atoms with van der Waals surface area (Å²) in [6, 6.07) is 3.91. The molecule has 0 spiro atoms. The summed E-state index contributed by atoms with van der Waals surface area (Å²) in [7, 11) is 0. The van der Waals surface area contributed by atoms with Gasteiger partial charge in [0.2, 0.25) is 0 Å². The van der Waals surface area contributed by atoms with Gasteiger partial charge in [-0.05, 0) is 30.9 Å². The van der Waals surface area contributed by atoms with Crippen LogP contribution in [0.4, 0.5) is 5.69 Å². The topological polar surface area (TPSA) is 38.9 Å². The molecular weight excluding hydrogens is 180 g/mol. The van der Waals surface area contributed by atoms with Crippen molar-refractivity contribution in [3.05, 3.63) is 18.3 Å². The third-order valence-corrected chi connectivity index (χ3v) is 3.63. The van der Waals surface area contributed by atoms with Crippen LogP contribution in [0.2, 0.25) is 0 Å². The van der Waals surface area contributed by atoms with E-state index in [1.54, 1.807) is 6.20 Å². The van der Waals surface area contributed by atoms with E-state index < -0.39 is 0 Å². The van der Waals surface area contributed by atoms with Gasteiger partial charge in [0, 0.05) is 5.75 Å². The standard InChI is InChI=1S/C10H14N2S/c11-9-4-5-10(12-6-9)13-7-8-2-1-3-8/h4-6,8H,1-3,7,11H2. The summed E-state index contributed by atoms with van der Waals surface area (Å²) in [5, 5.41) is 1.10. The number of nitrogens with two attached hydrogens (primary N) is 1. The summed E-state index contributed by atoms with van der Waals surface area (Å²) < 4.78 is 0.